The second kappa shape index (κ2) is 6.42. The van der Waals surface area contributed by atoms with Crippen LogP contribution in [0.5, 0.6) is 0 Å². The molecule has 126 valence electrons. The highest BCUT2D eigenvalue weighted by Gasteiger charge is 2.24. The number of aryl methyl sites for hydroxylation is 1. The van der Waals surface area contributed by atoms with E-state index >= 15 is 0 Å². The van der Waals surface area contributed by atoms with E-state index in [0.717, 1.165) is 29.6 Å². The fraction of sp³-hybridized carbons (Fsp3) is 0.263. The van der Waals surface area contributed by atoms with E-state index in [9.17, 15) is 8.42 Å². The van der Waals surface area contributed by atoms with Crippen LogP contribution >= 0.6 is 0 Å². The summed E-state index contributed by atoms with van der Waals surface area (Å²) in [6, 6.07) is 14.6. The summed E-state index contributed by atoms with van der Waals surface area (Å²) >= 11 is 0. The van der Waals surface area contributed by atoms with Crippen molar-refractivity contribution in [2.45, 2.75) is 23.3 Å². The Morgan fingerprint density at radius 2 is 1.71 bits per heavy atom. The van der Waals surface area contributed by atoms with E-state index in [1.165, 1.54) is 0 Å². The molecule has 0 fully saturated rings. The van der Waals surface area contributed by atoms with Gasteiger partial charge in [0.15, 0.2) is 0 Å². The molecule has 3 aromatic rings. The summed E-state index contributed by atoms with van der Waals surface area (Å²) in [4.78, 5) is 2.81. The average Bonchev–Trinajstić information content (AvgIpc) is 2.95. The highest BCUT2D eigenvalue weighted by Crippen LogP contribution is 2.32. The molecule has 0 aliphatic rings. The molecule has 0 saturated carbocycles. The van der Waals surface area contributed by atoms with Gasteiger partial charge in [0.1, 0.15) is 0 Å². The molecule has 0 N–H and O–H groups in total. The molecule has 1 aromatic heterocycles. The minimum absolute atomic E-state index is 0.333. The van der Waals surface area contributed by atoms with Crippen LogP contribution in [-0.4, -0.2) is 38.5 Å². The van der Waals surface area contributed by atoms with E-state index in [1.807, 2.05) is 49.9 Å². The first-order valence-electron chi connectivity index (χ1n) is 7.94. The van der Waals surface area contributed by atoms with Gasteiger partial charge in [-0.25, -0.2) is 8.42 Å². The zero-order valence-electron chi connectivity index (χ0n) is 14.2. The summed E-state index contributed by atoms with van der Waals surface area (Å²) in [5.41, 5.74) is 1.94. The van der Waals surface area contributed by atoms with Crippen LogP contribution in [0.15, 0.2) is 64.5 Å². The number of likely N-dealkylation sites (N-methyl/N-ethyl adjacent to an activating group) is 1. The summed E-state index contributed by atoms with van der Waals surface area (Å²) in [7, 11) is 0.485. The molecule has 0 spiro atoms. The molecule has 5 heteroatoms. The molecule has 0 bridgehead atoms. The summed E-state index contributed by atoms with van der Waals surface area (Å²) in [5.74, 6) is 0. The van der Waals surface area contributed by atoms with Gasteiger partial charge in [0.2, 0.25) is 9.84 Å². The largest absolute Gasteiger partial charge is 0.345 e. The maximum Gasteiger partial charge on any atom is 0.208 e. The molecule has 0 amide bonds. The van der Waals surface area contributed by atoms with Crippen molar-refractivity contribution in [3.05, 3.63) is 60.3 Å². The third kappa shape index (κ3) is 2.97. The second-order valence-electron chi connectivity index (χ2n) is 6.28. The van der Waals surface area contributed by atoms with E-state index in [2.05, 4.69) is 4.90 Å². The Labute approximate surface area is 143 Å². The number of fused-ring (bicyclic) bond motifs is 1. The Balaban J connectivity index is 2.21. The summed E-state index contributed by atoms with van der Waals surface area (Å²) in [5, 5.41) is 0.820. The molecular weight excluding hydrogens is 320 g/mol. The lowest BCUT2D eigenvalue weighted by Gasteiger charge is -2.11. The highest BCUT2D eigenvalue weighted by molar-refractivity contribution is 7.91. The fourth-order valence-corrected chi connectivity index (χ4v) is 4.48. The molecule has 24 heavy (non-hydrogen) atoms. The molecule has 0 aliphatic heterocycles. The lowest BCUT2D eigenvalue weighted by atomic mass is 10.1. The van der Waals surface area contributed by atoms with Crippen LogP contribution < -0.4 is 0 Å². The number of benzene rings is 2. The van der Waals surface area contributed by atoms with Crippen molar-refractivity contribution in [2.24, 2.45) is 0 Å². The van der Waals surface area contributed by atoms with Crippen LogP contribution in [0.1, 0.15) is 5.56 Å². The second-order valence-corrected chi connectivity index (χ2v) is 8.19. The SMILES string of the molecule is Cc1cccc2c1c(S(=O)(=O)c1ccccc1)cn2CCN(C)C. The number of aromatic nitrogens is 1. The van der Waals surface area contributed by atoms with E-state index in [4.69, 9.17) is 0 Å². The third-order valence-corrected chi connectivity index (χ3v) is 5.99. The fourth-order valence-electron chi connectivity index (χ4n) is 2.91. The average molecular weight is 342 g/mol. The number of hydrogen-bond acceptors (Lipinski definition) is 3. The van der Waals surface area contributed by atoms with Crippen molar-refractivity contribution in [2.75, 3.05) is 20.6 Å². The minimum atomic E-state index is -3.54. The van der Waals surface area contributed by atoms with E-state index in [0.29, 0.717) is 9.79 Å². The number of rotatable bonds is 5. The van der Waals surface area contributed by atoms with Gasteiger partial charge in [-0.2, -0.15) is 0 Å². The summed E-state index contributed by atoms with van der Waals surface area (Å²) in [6.07, 6.45) is 1.78. The van der Waals surface area contributed by atoms with E-state index in [-0.39, 0.29) is 0 Å². The predicted molar refractivity (Wildman–Crippen MR) is 97.1 cm³/mol. The molecule has 4 nitrogen and oxygen atoms in total. The van der Waals surface area contributed by atoms with Crippen LogP contribution in [0.25, 0.3) is 10.9 Å². The van der Waals surface area contributed by atoms with Gasteiger partial charge in [-0.3, -0.25) is 0 Å². The Morgan fingerprint density at radius 1 is 1.00 bits per heavy atom. The van der Waals surface area contributed by atoms with Gasteiger partial charge < -0.3 is 9.47 Å². The van der Waals surface area contributed by atoms with Crippen LogP contribution in [0.2, 0.25) is 0 Å². The van der Waals surface area contributed by atoms with Crippen LogP contribution in [-0.2, 0) is 16.4 Å². The predicted octanol–water partition coefficient (Wildman–Crippen LogP) is 3.34. The van der Waals surface area contributed by atoms with Crippen molar-refractivity contribution >= 4 is 20.7 Å². The van der Waals surface area contributed by atoms with Crippen molar-refractivity contribution in [1.82, 2.24) is 9.47 Å². The lowest BCUT2D eigenvalue weighted by molar-refractivity contribution is 0.386. The Kier molecular flexibility index (Phi) is 4.47. The van der Waals surface area contributed by atoms with Crippen molar-refractivity contribution in [1.29, 1.82) is 0 Å². The molecule has 3 rings (SSSR count). The highest BCUT2D eigenvalue weighted by atomic mass is 32.2. The standard InChI is InChI=1S/C19H22N2O2S/c1-15-8-7-11-17-19(15)18(14-21(17)13-12-20(2)3)24(22,23)16-9-5-4-6-10-16/h4-11,14H,12-13H2,1-3H3. The van der Waals surface area contributed by atoms with Gasteiger partial charge in [0.05, 0.1) is 9.79 Å². The van der Waals surface area contributed by atoms with Gasteiger partial charge in [0.25, 0.3) is 0 Å². The van der Waals surface area contributed by atoms with Crippen LogP contribution in [0.3, 0.4) is 0 Å². The Hall–Kier alpha value is -2.11. The first kappa shape index (κ1) is 16.7. The molecule has 1 heterocycles. The van der Waals surface area contributed by atoms with Crippen molar-refractivity contribution in [3.63, 3.8) is 0 Å². The third-order valence-electron chi connectivity index (χ3n) is 4.21. The molecule has 2 aromatic carbocycles. The monoisotopic (exact) mass is 342 g/mol. The molecule has 0 radical (unpaired) electrons. The van der Waals surface area contributed by atoms with Crippen LogP contribution in [0.4, 0.5) is 0 Å². The topological polar surface area (TPSA) is 42.3 Å². The molecule has 0 atom stereocenters. The first-order chi connectivity index (χ1) is 11.4. The van der Waals surface area contributed by atoms with Crippen LogP contribution in [0, 0.1) is 6.92 Å². The Bertz CT molecular complexity index is 958. The van der Waals surface area contributed by atoms with Crippen molar-refractivity contribution in [3.8, 4) is 0 Å². The zero-order chi connectivity index (χ0) is 17.3. The van der Waals surface area contributed by atoms with Gasteiger partial charge in [-0.05, 0) is 44.8 Å². The van der Waals surface area contributed by atoms with Crippen molar-refractivity contribution < 1.29 is 8.42 Å². The zero-order valence-corrected chi connectivity index (χ0v) is 15.0. The lowest BCUT2D eigenvalue weighted by Crippen LogP contribution is -2.18. The minimum Gasteiger partial charge on any atom is -0.345 e. The molecule has 0 unspecified atom stereocenters. The van der Waals surface area contributed by atoms with E-state index < -0.39 is 9.84 Å². The number of nitrogens with zero attached hydrogens (tertiary/aromatic N) is 2. The maximum atomic E-state index is 13.1. The summed E-state index contributed by atoms with van der Waals surface area (Å²) < 4.78 is 28.3. The summed E-state index contributed by atoms with van der Waals surface area (Å²) in [6.45, 7) is 3.56. The van der Waals surface area contributed by atoms with Gasteiger partial charge in [0, 0.05) is 30.2 Å². The Morgan fingerprint density at radius 3 is 2.38 bits per heavy atom. The normalized spacial score (nSPS) is 12.2. The molecule has 0 aliphatic carbocycles. The van der Waals surface area contributed by atoms with E-state index in [1.54, 1.807) is 30.5 Å². The number of hydrogen-bond donors (Lipinski definition) is 0. The number of sulfone groups is 1. The molecular formula is C19H22N2O2S. The van der Waals surface area contributed by atoms with Gasteiger partial charge in [-0.1, -0.05) is 30.3 Å². The molecule has 0 saturated heterocycles. The van der Waals surface area contributed by atoms with Gasteiger partial charge in [-0.15, -0.1) is 0 Å². The van der Waals surface area contributed by atoms with Gasteiger partial charge >= 0.3 is 0 Å². The first-order valence-corrected chi connectivity index (χ1v) is 9.43. The smallest absolute Gasteiger partial charge is 0.208 e. The maximum absolute atomic E-state index is 13.1. The quantitative estimate of drug-likeness (QED) is 0.714.